The molecular formula is C15H22N2O4S. The highest BCUT2D eigenvalue weighted by Gasteiger charge is 2.18. The van der Waals surface area contributed by atoms with Crippen LogP contribution in [0.15, 0.2) is 23.1 Å². The third-order valence-electron chi connectivity index (χ3n) is 3.76. The molecule has 6 nitrogen and oxygen atoms in total. The zero-order valence-electron chi connectivity index (χ0n) is 12.9. The Kier molecular flexibility index (Phi) is 5.55. The van der Waals surface area contributed by atoms with Gasteiger partial charge in [-0.15, -0.1) is 0 Å². The summed E-state index contributed by atoms with van der Waals surface area (Å²) < 4.78 is 32.0. The molecule has 1 aromatic carbocycles. The van der Waals surface area contributed by atoms with E-state index in [0.717, 1.165) is 30.6 Å². The number of sulfonamides is 1. The number of hydrogen-bond donors (Lipinski definition) is 2. The largest absolute Gasteiger partial charge is 0.376 e. The normalized spacial score (nSPS) is 18.4. The number of carbonyl (C=O) groups excluding carboxylic acids is 1. The molecule has 1 aliphatic heterocycles. The molecule has 1 fully saturated rings. The van der Waals surface area contributed by atoms with Crippen molar-refractivity contribution in [1.29, 1.82) is 0 Å². The molecule has 2 N–H and O–H groups in total. The standard InChI is InChI=1S/C15H22N2O4S/c1-11-5-6-14(8-12(11)2)22(19,20)17-10-15(18)16-9-13-4-3-7-21-13/h5-6,8,13,17H,3-4,7,9-10H2,1-2H3,(H,16,18). The average molecular weight is 326 g/mol. The third-order valence-corrected chi connectivity index (χ3v) is 5.16. The first-order valence-electron chi connectivity index (χ1n) is 7.34. The number of hydrogen-bond acceptors (Lipinski definition) is 4. The molecule has 0 bridgehead atoms. The van der Waals surface area contributed by atoms with Crippen LogP contribution in [0.25, 0.3) is 0 Å². The lowest BCUT2D eigenvalue weighted by atomic mass is 10.1. The maximum atomic E-state index is 12.1. The van der Waals surface area contributed by atoms with E-state index >= 15 is 0 Å². The molecule has 2 rings (SSSR count). The van der Waals surface area contributed by atoms with Crippen molar-refractivity contribution in [3.63, 3.8) is 0 Å². The van der Waals surface area contributed by atoms with Gasteiger partial charge in [-0.1, -0.05) is 6.07 Å². The van der Waals surface area contributed by atoms with E-state index in [1.165, 1.54) is 6.07 Å². The van der Waals surface area contributed by atoms with Crippen LogP contribution in [-0.4, -0.2) is 40.1 Å². The monoisotopic (exact) mass is 326 g/mol. The van der Waals surface area contributed by atoms with Crippen molar-refractivity contribution in [2.24, 2.45) is 0 Å². The second kappa shape index (κ2) is 7.21. The van der Waals surface area contributed by atoms with Gasteiger partial charge in [0.1, 0.15) is 0 Å². The van der Waals surface area contributed by atoms with Gasteiger partial charge >= 0.3 is 0 Å². The fourth-order valence-electron chi connectivity index (χ4n) is 2.22. The van der Waals surface area contributed by atoms with Crippen molar-refractivity contribution in [2.75, 3.05) is 19.7 Å². The number of carbonyl (C=O) groups is 1. The lowest BCUT2D eigenvalue weighted by molar-refractivity contribution is -0.120. The van der Waals surface area contributed by atoms with Crippen molar-refractivity contribution < 1.29 is 17.9 Å². The SMILES string of the molecule is Cc1ccc(S(=O)(=O)NCC(=O)NCC2CCCO2)cc1C. The van der Waals surface area contributed by atoms with Crippen molar-refractivity contribution >= 4 is 15.9 Å². The Labute approximate surface area is 131 Å². The summed E-state index contributed by atoms with van der Waals surface area (Å²) in [6, 6.07) is 4.89. The van der Waals surface area contributed by atoms with Crippen LogP contribution in [0.5, 0.6) is 0 Å². The summed E-state index contributed by atoms with van der Waals surface area (Å²) in [5, 5.41) is 2.68. The van der Waals surface area contributed by atoms with Gasteiger partial charge in [0.25, 0.3) is 0 Å². The molecule has 122 valence electrons. The van der Waals surface area contributed by atoms with E-state index in [-0.39, 0.29) is 23.5 Å². The molecule has 1 unspecified atom stereocenters. The number of rotatable bonds is 6. The molecule has 0 saturated carbocycles. The molecule has 1 amide bonds. The molecule has 1 heterocycles. The van der Waals surface area contributed by atoms with Crippen molar-refractivity contribution in [3.05, 3.63) is 29.3 Å². The molecule has 0 aliphatic carbocycles. The van der Waals surface area contributed by atoms with Gasteiger partial charge in [-0.25, -0.2) is 13.1 Å². The Bertz CT molecular complexity index is 637. The summed E-state index contributed by atoms with van der Waals surface area (Å²) in [7, 11) is -3.67. The summed E-state index contributed by atoms with van der Waals surface area (Å²) in [4.78, 5) is 11.9. The van der Waals surface area contributed by atoms with Crippen molar-refractivity contribution in [2.45, 2.75) is 37.7 Å². The van der Waals surface area contributed by atoms with E-state index < -0.39 is 10.0 Å². The predicted octanol–water partition coefficient (Wildman–Crippen LogP) is 0.877. The Hall–Kier alpha value is -1.44. The maximum absolute atomic E-state index is 12.1. The molecule has 0 aromatic heterocycles. The minimum atomic E-state index is -3.67. The Morgan fingerprint density at radius 3 is 2.73 bits per heavy atom. The van der Waals surface area contributed by atoms with Crippen LogP contribution in [0.2, 0.25) is 0 Å². The zero-order valence-corrected chi connectivity index (χ0v) is 13.7. The lowest BCUT2D eigenvalue weighted by Gasteiger charge is -2.12. The Morgan fingerprint density at radius 1 is 1.32 bits per heavy atom. The van der Waals surface area contributed by atoms with Crippen molar-refractivity contribution in [3.8, 4) is 0 Å². The number of ether oxygens (including phenoxy) is 1. The van der Waals surface area contributed by atoms with E-state index in [2.05, 4.69) is 10.0 Å². The van der Waals surface area contributed by atoms with E-state index in [9.17, 15) is 13.2 Å². The van der Waals surface area contributed by atoms with Gasteiger partial charge in [-0.2, -0.15) is 0 Å². The summed E-state index contributed by atoms with van der Waals surface area (Å²) in [6.45, 7) is 4.63. The van der Waals surface area contributed by atoms with Crippen LogP contribution in [0.4, 0.5) is 0 Å². The second-order valence-electron chi connectivity index (χ2n) is 5.51. The van der Waals surface area contributed by atoms with Crippen LogP contribution in [0.1, 0.15) is 24.0 Å². The first-order chi connectivity index (χ1) is 10.4. The van der Waals surface area contributed by atoms with Crippen LogP contribution < -0.4 is 10.0 Å². The highest BCUT2D eigenvalue weighted by Crippen LogP contribution is 2.14. The molecule has 7 heteroatoms. The van der Waals surface area contributed by atoms with Gasteiger partial charge in [-0.05, 0) is 49.9 Å². The van der Waals surface area contributed by atoms with Crippen LogP contribution in [0.3, 0.4) is 0 Å². The molecule has 1 aliphatic rings. The number of benzene rings is 1. The van der Waals surface area contributed by atoms with Gasteiger partial charge in [0.15, 0.2) is 0 Å². The second-order valence-corrected chi connectivity index (χ2v) is 7.28. The number of aryl methyl sites for hydroxylation is 2. The lowest BCUT2D eigenvalue weighted by Crippen LogP contribution is -2.39. The average Bonchev–Trinajstić information content (AvgIpc) is 2.99. The molecule has 22 heavy (non-hydrogen) atoms. The van der Waals surface area contributed by atoms with Crippen LogP contribution in [-0.2, 0) is 19.6 Å². The molecule has 1 atom stereocenters. The summed E-state index contributed by atoms with van der Waals surface area (Å²) in [5.41, 5.74) is 1.92. The first-order valence-corrected chi connectivity index (χ1v) is 8.82. The minimum absolute atomic E-state index is 0.0419. The Balaban J connectivity index is 1.85. The fraction of sp³-hybridized carbons (Fsp3) is 0.533. The molecule has 1 aromatic rings. The number of amides is 1. The van der Waals surface area contributed by atoms with E-state index in [0.29, 0.717) is 6.54 Å². The molecule has 0 spiro atoms. The van der Waals surface area contributed by atoms with Crippen molar-refractivity contribution in [1.82, 2.24) is 10.0 Å². The van der Waals surface area contributed by atoms with Gasteiger partial charge in [0.2, 0.25) is 15.9 Å². The van der Waals surface area contributed by atoms with Crippen LogP contribution >= 0.6 is 0 Å². The first kappa shape index (κ1) is 16.9. The number of nitrogens with one attached hydrogen (secondary N) is 2. The topological polar surface area (TPSA) is 84.5 Å². The highest BCUT2D eigenvalue weighted by molar-refractivity contribution is 7.89. The van der Waals surface area contributed by atoms with Crippen LogP contribution in [0, 0.1) is 13.8 Å². The molecular weight excluding hydrogens is 304 g/mol. The predicted molar refractivity (Wildman–Crippen MR) is 83.1 cm³/mol. The minimum Gasteiger partial charge on any atom is -0.376 e. The van der Waals surface area contributed by atoms with E-state index in [1.807, 2.05) is 13.8 Å². The van der Waals surface area contributed by atoms with Gasteiger partial charge in [-0.3, -0.25) is 4.79 Å². The fourth-order valence-corrected chi connectivity index (χ4v) is 3.29. The summed E-state index contributed by atoms with van der Waals surface area (Å²) >= 11 is 0. The molecule has 0 radical (unpaired) electrons. The van der Waals surface area contributed by atoms with Gasteiger partial charge in [0.05, 0.1) is 17.5 Å². The Morgan fingerprint density at radius 2 is 2.09 bits per heavy atom. The van der Waals surface area contributed by atoms with Gasteiger partial charge in [0, 0.05) is 13.2 Å². The summed E-state index contributed by atoms with van der Waals surface area (Å²) in [6.07, 6.45) is 1.97. The maximum Gasteiger partial charge on any atom is 0.241 e. The van der Waals surface area contributed by atoms with E-state index in [4.69, 9.17) is 4.74 Å². The quantitative estimate of drug-likeness (QED) is 0.813. The molecule has 1 saturated heterocycles. The zero-order chi connectivity index (χ0) is 16.2. The van der Waals surface area contributed by atoms with E-state index in [1.54, 1.807) is 12.1 Å². The summed E-state index contributed by atoms with van der Waals surface area (Å²) in [5.74, 6) is -0.358. The smallest absolute Gasteiger partial charge is 0.241 e. The third kappa shape index (κ3) is 4.53. The van der Waals surface area contributed by atoms with Gasteiger partial charge < -0.3 is 10.1 Å². The highest BCUT2D eigenvalue weighted by atomic mass is 32.2.